The maximum absolute atomic E-state index is 6.07. The lowest BCUT2D eigenvalue weighted by Crippen LogP contribution is -2.27. The highest BCUT2D eigenvalue weighted by Gasteiger charge is 2.48. The largest absolute Gasteiger partial charge is 0.309 e. The summed E-state index contributed by atoms with van der Waals surface area (Å²) in [4.78, 5) is 1.44. The minimum atomic E-state index is 0.556. The Hall–Kier alpha value is -0.0500. The van der Waals surface area contributed by atoms with Crippen LogP contribution in [0.5, 0.6) is 0 Å². The Kier molecular flexibility index (Phi) is 3.47. The summed E-state index contributed by atoms with van der Waals surface area (Å²) in [7, 11) is 0. The molecule has 3 atom stereocenters. The van der Waals surface area contributed by atoms with E-state index in [-0.39, 0.29) is 0 Å². The third-order valence-corrected chi connectivity index (χ3v) is 5.58. The molecule has 1 aromatic heterocycles. The van der Waals surface area contributed by atoms with Gasteiger partial charge in [0, 0.05) is 10.9 Å². The van der Waals surface area contributed by atoms with Crippen molar-refractivity contribution in [2.24, 2.45) is 17.8 Å². The summed E-state index contributed by atoms with van der Waals surface area (Å²) < 4.78 is 0.923. The van der Waals surface area contributed by atoms with E-state index in [4.69, 9.17) is 11.6 Å². The van der Waals surface area contributed by atoms with E-state index in [0.717, 1.165) is 28.6 Å². The fraction of sp³-hybridized carbons (Fsp3) is 0.714. The van der Waals surface area contributed by atoms with Crippen molar-refractivity contribution in [2.75, 3.05) is 6.54 Å². The van der Waals surface area contributed by atoms with Crippen LogP contribution in [0.15, 0.2) is 12.1 Å². The minimum Gasteiger partial charge on any atom is -0.309 e. The summed E-state index contributed by atoms with van der Waals surface area (Å²) in [6, 6.07) is 4.81. The number of hydrogen-bond acceptors (Lipinski definition) is 2. The SMILES string of the molecule is CCCNC(c1ccc(Cl)s1)C1CC2CC2C1. The smallest absolute Gasteiger partial charge is 0.0931 e. The van der Waals surface area contributed by atoms with E-state index in [9.17, 15) is 0 Å². The van der Waals surface area contributed by atoms with Crippen LogP contribution in [-0.4, -0.2) is 6.54 Å². The Morgan fingerprint density at radius 3 is 2.71 bits per heavy atom. The van der Waals surface area contributed by atoms with Crippen molar-refractivity contribution in [3.63, 3.8) is 0 Å². The lowest BCUT2D eigenvalue weighted by molar-refractivity contribution is 0.346. The number of thiophene rings is 1. The number of halogens is 1. The summed E-state index contributed by atoms with van der Waals surface area (Å²) in [6.45, 7) is 3.35. The molecular formula is C14H20ClNS. The zero-order chi connectivity index (χ0) is 11.8. The maximum Gasteiger partial charge on any atom is 0.0931 e. The standard InChI is InChI=1S/C14H20ClNS/c1-2-5-16-14(12-3-4-13(15)17-12)11-7-9-6-10(9)8-11/h3-4,9-11,14,16H,2,5-8H2,1H3. The van der Waals surface area contributed by atoms with Crippen LogP contribution in [-0.2, 0) is 0 Å². The number of nitrogens with one attached hydrogen (secondary N) is 1. The molecule has 1 aromatic rings. The summed E-state index contributed by atoms with van der Waals surface area (Å²) in [5, 5.41) is 3.73. The van der Waals surface area contributed by atoms with E-state index in [1.54, 1.807) is 11.3 Å². The monoisotopic (exact) mass is 269 g/mol. The molecule has 0 saturated heterocycles. The third kappa shape index (κ3) is 2.54. The second-order valence-electron chi connectivity index (χ2n) is 5.56. The van der Waals surface area contributed by atoms with Crippen LogP contribution in [0.1, 0.15) is 43.5 Å². The summed E-state index contributed by atoms with van der Waals surface area (Å²) >= 11 is 7.83. The Balaban J connectivity index is 1.71. The van der Waals surface area contributed by atoms with Crippen LogP contribution in [0, 0.1) is 17.8 Å². The maximum atomic E-state index is 6.07. The second-order valence-corrected chi connectivity index (χ2v) is 7.31. The van der Waals surface area contributed by atoms with Gasteiger partial charge in [-0.2, -0.15) is 0 Å². The topological polar surface area (TPSA) is 12.0 Å². The van der Waals surface area contributed by atoms with E-state index in [0.29, 0.717) is 6.04 Å². The first-order valence-electron chi connectivity index (χ1n) is 6.76. The van der Waals surface area contributed by atoms with Crippen LogP contribution in [0.4, 0.5) is 0 Å². The van der Waals surface area contributed by atoms with Gasteiger partial charge in [-0.05, 0) is 62.1 Å². The van der Waals surface area contributed by atoms with E-state index in [1.165, 1.54) is 30.6 Å². The van der Waals surface area contributed by atoms with Gasteiger partial charge in [-0.3, -0.25) is 0 Å². The van der Waals surface area contributed by atoms with Crippen LogP contribution >= 0.6 is 22.9 Å². The molecule has 0 bridgehead atoms. The van der Waals surface area contributed by atoms with Crippen LogP contribution in [0.2, 0.25) is 4.34 Å². The van der Waals surface area contributed by atoms with Gasteiger partial charge >= 0.3 is 0 Å². The molecule has 2 aliphatic rings. The van der Waals surface area contributed by atoms with Crippen molar-refractivity contribution in [3.05, 3.63) is 21.3 Å². The van der Waals surface area contributed by atoms with Crippen molar-refractivity contribution in [2.45, 2.75) is 38.6 Å². The lowest BCUT2D eigenvalue weighted by Gasteiger charge is -2.25. The molecule has 0 aliphatic heterocycles. The fourth-order valence-electron chi connectivity index (χ4n) is 3.33. The van der Waals surface area contributed by atoms with Gasteiger partial charge in [0.15, 0.2) is 0 Å². The highest BCUT2D eigenvalue weighted by atomic mass is 35.5. The van der Waals surface area contributed by atoms with E-state index >= 15 is 0 Å². The van der Waals surface area contributed by atoms with Gasteiger partial charge < -0.3 is 5.32 Å². The quantitative estimate of drug-likeness (QED) is 0.831. The molecule has 2 aliphatic carbocycles. The van der Waals surface area contributed by atoms with Gasteiger partial charge in [0.25, 0.3) is 0 Å². The minimum absolute atomic E-state index is 0.556. The fourth-order valence-corrected chi connectivity index (χ4v) is 4.56. The average molecular weight is 270 g/mol. The molecule has 0 spiro atoms. The summed E-state index contributed by atoms with van der Waals surface area (Å²) in [6.07, 6.45) is 5.57. The first-order valence-corrected chi connectivity index (χ1v) is 7.96. The first kappa shape index (κ1) is 12.0. The molecule has 94 valence electrons. The Labute approximate surface area is 113 Å². The molecule has 0 amide bonds. The highest BCUT2D eigenvalue weighted by Crippen LogP contribution is 2.57. The molecule has 0 aromatic carbocycles. The molecule has 2 saturated carbocycles. The van der Waals surface area contributed by atoms with Crippen molar-refractivity contribution in [3.8, 4) is 0 Å². The zero-order valence-corrected chi connectivity index (χ0v) is 11.9. The Morgan fingerprint density at radius 2 is 2.12 bits per heavy atom. The van der Waals surface area contributed by atoms with Gasteiger partial charge in [-0.25, -0.2) is 0 Å². The van der Waals surface area contributed by atoms with Gasteiger partial charge in [0.05, 0.1) is 4.34 Å². The Morgan fingerprint density at radius 1 is 1.35 bits per heavy atom. The highest BCUT2D eigenvalue weighted by molar-refractivity contribution is 7.16. The van der Waals surface area contributed by atoms with E-state index < -0.39 is 0 Å². The number of hydrogen-bond donors (Lipinski definition) is 1. The molecule has 1 nitrogen and oxygen atoms in total. The van der Waals surface area contributed by atoms with Gasteiger partial charge in [-0.15, -0.1) is 11.3 Å². The van der Waals surface area contributed by atoms with E-state index in [1.807, 2.05) is 6.07 Å². The molecule has 0 radical (unpaired) electrons. The Bertz CT molecular complexity index is 379. The predicted octanol–water partition coefficient (Wildman–Crippen LogP) is 4.49. The normalized spacial score (nSPS) is 32.5. The van der Waals surface area contributed by atoms with E-state index in [2.05, 4.69) is 18.3 Å². The first-order chi connectivity index (χ1) is 8.28. The van der Waals surface area contributed by atoms with Gasteiger partial charge in [0.2, 0.25) is 0 Å². The molecule has 1 heterocycles. The molecule has 2 fully saturated rings. The summed E-state index contributed by atoms with van der Waals surface area (Å²) in [5.41, 5.74) is 0. The number of rotatable bonds is 5. The van der Waals surface area contributed by atoms with Gasteiger partial charge in [0.1, 0.15) is 0 Å². The molecule has 17 heavy (non-hydrogen) atoms. The average Bonchev–Trinajstić information content (AvgIpc) is 2.74. The lowest BCUT2D eigenvalue weighted by atomic mass is 9.93. The van der Waals surface area contributed by atoms with Crippen molar-refractivity contribution >= 4 is 22.9 Å². The second kappa shape index (κ2) is 4.91. The van der Waals surface area contributed by atoms with Gasteiger partial charge in [-0.1, -0.05) is 18.5 Å². The molecule has 3 heteroatoms. The molecule has 3 unspecified atom stereocenters. The van der Waals surface area contributed by atoms with Crippen LogP contribution < -0.4 is 5.32 Å². The molecule has 3 rings (SSSR count). The van der Waals surface area contributed by atoms with Crippen molar-refractivity contribution in [1.82, 2.24) is 5.32 Å². The molecule has 1 N–H and O–H groups in total. The zero-order valence-electron chi connectivity index (χ0n) is 10.3. The van der Waals surface area contributed by atoms with Crippen LogP contribution in [0.25, 0.3) is 0 Å². The third-order valence-electron chi connectivity index (χ3n) is 4.27. The number of fused-ring (bicyclic) bond motifs is 1. The van der Waals surface area contributed by atoms with Crippen LogP contribution in [0.3, 0.4) is 0 Å². The van der Waals surface area contributed by atoms with Crippen molar-refractivity contribution < 1.29 is 0 Å². The molecular weight excluding hydrogens is 250 g/mol. The predicted molar refractivity (Wildman–Crippen MR) is 74.7 cm³/mol. The summed E-state index contributed by atoms with van der Waals surface area (Å²) in [5.74, 6) is 2.96. The van der Waals surface area contributed by atoms with Crippen molar-refractivity contribution in [1.29, 1.82) is 0 Å².